The van der Waals surface area contributed by atoms with Gasteiger partial charge in [-0.25, -0.2) is 0 Å². The van der Waals surface area contributed by atoms with E-state index in [1.54, 1.807) is 31.4 Å². The third-order valence-corrected chi connectivity index (χ3v) is 4.05. The molecule has 0 aliphatic heterocycles. The van der Waals surface area contributed by atoms with E-state index in [1.165, 1.54) is 0 Å². The standard InChI is InChI=1S/C17H12Cl2O3/c1-9-3-4-10(7-14(9)21-2)17-15(19)16(20)12-8-11(18)5-6-13(12)22-17/h3-8H,1-2H3. The van der Waals surface area contributed by atoms with Crippen LogP contribution in [0.15, 0.2) is 45.6 Å². The van der Waals surface area contributed by atoms with Crippen LogP contribution in [0.5, 0.6) is 5.75 Å². The summed E-state index contributed by atoms with van der Waals surface area (Å²) in [6.07, 6.45) is 0. The topological polar surface area (TPSA) is 39.4 Å². The molecular formula is C17H12Cl2O3. The van der Waals surface area contributed by atoms with Crippen molar-refractivity contribution in [3.63, 3.8) is 0 Å². The van der Waals surface area contributed by atoms with Crippen molar-refractivity contribution in [2.24, 2.45) is 0 Å². The van der Waals surface area contributed by atoms with Gasteiger partial charge in [-0.15, -0.1) is 0 Å². The van der Waals surface area contributed by atoms with E-state index in [0.29, 0.717) is 33.1 Å². The minimum absolute atomic E-state index is 0.0284. The Bertz CT molecular complexity index is 929. The lowest BCUT2D eigenvalue weighted by Crippen LogP contribution is -2.04. The summed E-state index contributed by atoms with van der Waals surface area (Å²) in [4.78, 5) is 12.4. The van der Waals surface area contributed by atoms with Crippen LogP contribution in [-0.4, -0.2) is 7.11 Å². The van der Waals surface area contributed by atoms with Gasteiger partial charge >= 0.3 is 0 Å². The van der Waals surface area contributed by atoms with Gasteiger partial charge < -0.3 is 9.15 Å². The van der Waals surface area contributed by atoms with Gasteiger partial charge in [-0.2, -0.15) is 0 Å². The molecule has 0 radical (unpaired) electrons. The van der Waals surface area contributed by atoms with Crippen molar-refractivity contribution in [2.75, 3.05) is 7.11 Å². The molecule has 0 aliphatic rings. The smallest absolute Gasteiger partial charge is 0.211 e. The molecule has 0 aliphatic carbocycles. The molecule has 5 heteroatoms. The number of methoxy groups -OCH3 is 1. The number of hydrogen-bond donors (Lipinski definition) is 0. The van der Waals surface area contributed by atoms with Gasteiger partial charge in [0.1, 0.15) is 16.4 Å². The average molecular weight is 335 g/mol. The van der Waals surface area contributed by atoms with Crippen molar-refractivity contribution >= 4 is 34.2 Å². The number of rotatable bonds is 2. The second-order valence-electron chi connectivity index (χ2n) is 4.90. The Kier molecular flexibility index (Phi) is 3.85. The second-order valence-corrected chi connectivity index (χ2v) is 5.71. The van der Waals surface area contributed by atoms with Gasteiger partial charge in [-0.05, 0) is 36.8 Å². The molecule has 22 heavy (non-hydrogen) atoms. The predicted molar refractivity (Wildman–Crippen MR) is 89.2 cm³/mol. The number of hydrogen-bond acceptors (Lipinski definition) is 3. The van der Waals surface area contributed by atoms with Crippen LogP contribution in [0.25, 0.3) is 22.3 Å². The highest BCUT2D eigenvalue weighted by Gasteiger charge is 2.15. The lowest BCUT2D eigenvalue weighted by Gasteiger charge is -2.09. The van der Waals surface area contributed by atoms with Crippen LogP contribution in [0, 0.1) is 6.92 Å². The Morgan fingerprint density at radius 1 is 1.09 bits per heavy atom. The van der Waals surface area contributed by atoms with Gasteiger partial charge in [0.2, 0.25) is 5.43 Å². The number of fused-ring (bicyclic) bond motifs is 1. The Balaban J connectivity index is 2.30. The van der Waals surface area contributed by atoms with Crippen molar-refractivity contribution in [1.82, 2.24) is 0 Å². The van der Waals surface area contributed by atoms with Gasteiger partial charge in [-0.1, -0.05) is 35.3 Å². The quantitative estimate of drug-likeness (QED) is 0.655. The molecule has 0 spiro atoms. The zero-order chi connectivity index (χ0) is 15.9. The van der Waals surface area contributed by atoms with Gasteiger partial charge in [0.25, 0.3) is 0 Å². The van der Waals surface area contributed by atoms with Crippen LogP contribution < -0.4 is 10.2 Å². The molecule has 0 fully saturated rings. The molecule has 0 unspecified atom stereocenters. The van der Waals surface area contributed by atoms with Crippen LogP contribution in [0.3, 0.4) is 0 Å². The molecule has 1 heterocycles. The molecule has 1 aromatic heterocycles. The fourth-order valence-corrected chi connectivity index (χ4v) is 2.71. The lowest BCUT2D eigenvalue weighted by atomic mass is 10.1. The minimum Gasteiger partial charge on any atom is -0.496 e. The van der Waals surface area contributed by atoms with Crippen molar-refractivity contribution in [1.29, 1.82) is 0 Å². The van der Waals surface area contributed by atoms with E-state index >= 15 is 0 Å². The van der Waals surface area contributed by atoms with Gasteiger partial charge in [-0.3, -0.25) is 4.79 Å². The van der Waals surface area contributed by atoms with Gasteiger partial charge in [0.05, 0.1) is 12.5 Å². The second kappa shape index (κ2) is 5.67. The minimum atomic E-state index is -0.306. The zero-order valence-corrected chi connectivity index (χ0v) is 13.5. The van der Waals surface area contributed by atoms with Gasteiger partial charge in [0, 0.05) is 10.6 Å². The third kappa shape index (κ3) is 2.47. The number of ether oxygens (including phenoxy) is 1. The van der Waals surface area contributed by atoms with Crippen LogP contribution in [0.2, 0.25) is 10.0 Å². The van der Waals surface area contributed by atoms with E-state index in [-0.39, 0.29) is 10.5 Å². The molecule has 0 atom stereocenters. The molecule has 0 saturated carbocycles. The molecular weight excluding hydrogens is 323 g/mol. The van der Waals surface area contributed by atoms with Crippen LogP contribution in [0.1, 0.15) is 5.56 Å². The molecule has 3 rings (SSSR count). The monoisotopic (exact) mass is 334 g/mol. The zero-order valence-electron chi connectivity index (χ0n) is 11.9. The highest BCUT2D eigenvalue weighted by molar-refractivity contribution is 6.34. The SMILES string of the molecule is COc1cc(-c2oc3ccc(Cl)cc3c(=O)c2Cl)ccc1C. The molecule has 0 N–H and O–H groups in total. The first kappa shape index (κ1) is 14.9. The van der Waals surface area contributed by atoms with Crippen molar-refractivity contribution in [3.05, 3.63) is 62.2 Å². The van der Waals surface area contributed by atoms with E-state index in [4.69, 9.17) is 32.4 Å². The summed E-state index contributed by atoms with van der Waals surface area (Å²) in [7, 11) is 1.59. The summed E-state index contributed by atoms with van der Waals surface area (Å²) in [6.45, 7) is 1.93. The fraction of sp³-hybridized carbons (Fsp3) is 0.118. The van der Waals surface area contributed by atoms with Gasteiger partial charge in [0.15, 0.2) is 5.76 Å². The number of aryl methyl sites for hydroxylation is 1. The lowest BCUT2D eigenvalue weighted by molar-refractivity contribution is 0.411. The maximum atomic E-state index is 12.4. The summed E-state index contributed by atoms with van der Waals surface area (Å²) in [5.74, 6) is 1.02. The molecule has 112 valence electrons. The Morgan fingerprint density at radius 2 is 1.86 bits per heavy atom. The summed E-state index contributed by atoms with van der Waals surface area (Å²) in [6, 6.07) is 10.4. The summed E-state index contributed by atoms with van der Waals surface area (Å²) < 4.78 is 11.1. The molecule has 3 aromatic rings. The first-order valence-corrected chi connectivity index (χ1v) is 7.33. The van der Waals surface area contributed by atoms with E-state index in [0.717, 1.165) is 5.56 Å². The van der Waals surface area contributed by atoms with E-state index < -0.39 is 0 Å². The molecule has 3 nitrogen and oxygen atoms in total. The highest BCUT2D eigenvalue weighted by Crippen LogP contribution is 2.32. The van der Waals surface area contributed by atoms with Crippen molar-refractivity contribution in [3.8, 4) is 17.1 Å². The Morgan fingerprint density at radius 3 is 2.59 bits per heavy atom. The summed E-state index contributed by atoms with van der Waals surface area (Å²) >= 11 is 12.1. The number of halogens is 2. The van der Waals surface area contributed by atoms with Crippen molar-refractivity contribution in [2.45, 2.75) is 6.92 Å². The molecule has 2 aromatic carbocycles. The molecule has 0 bridgehead atoms. The van der Waals surface area contributed by atoms with Crippen LogP contribution >= 0.6 is 23.2 Å². The van der Waals surface area contributed by atoms with Crippen LogP contribution in [-0.2, 0) is 0 Å². The van der Waals surface area contributed by atoms with Crippen LogP contribution in [0.4, 0.5) is 0 Å². The highest BCUT2D eigenvalue weighted by atomic mass is 35.5. The average Bonchev–Trinajstić information content (AvgIpc) is 2.52. The van der Waals surface area contributed by atoms with E-state index in [9.17, 15) is 4.79 Å². The van der Waals surface area contributed by atoms with E-state index in [1.807, 2.05) is 19.1 Å². The van der Waals surface area contributed by atoms with E-state index in [2.05, 4.69) is 0 Å². The first-order valence-electron chi connectivity index (χ1n) is 6.58. The Hall–Kier alpha value is -1.97. The fourth-order valence-electron chi connectivity index (χ4n) is 2.29. The predicted octanol–water partition coefficient (Wildman–Crippen LogP) is 5.08. The first-order chi connectivity index (χ1) is 10.5. The normalized spacial score (nSPS) is 10.9. The third-order valence-electron chi connectivity index (χ3n) is 3.47. The summed E-state index contributed by atoms with van der Waals surface area (Å²) in [5, 5.41) is 0.849. The molecule has 0 saturated heterocycles. The maximum absolute atomic E-state index is 12.4. The molecule has 0 amide bonds. The maximum Gasteiger partial charge on any atom is 0.211 e. The number of benzene rings is 2. The largest absolute Gasteiger partial charge is 0.496 e. The summed E-state index contributed by atoms with van der Waals surface area (Å²) in [5.41, 5.74) is 1.80. The Labute approximate surface area is 137 Å². The van der Waals surface area contributed by atoms with Crippen molar-refractivity contribution < 1.29 is 9.15 Å².